The second kappa shape index (κ2) is 5.97. The summed E-state index contributed by atoms with van der Waals surface area (Å²) in [5, 5.41) is 16.9. The average molecular weight is 252 g/mol. The minimum absolute atomic E-state index is 0.579. The van der Waals surface area contributed by atoms with E-state index in [4.69, 9.17) is 0 Å². The maximum atomic E-state index is 11.5. The summed E-state index contributed by atoms with van der Waals surface area (Å²) in [4.78, 5) is 13.5. The Morgan fingerprint density at radius 2 is 2.39 bits per heavy atom. The Morgan fingerprint density at radius 3 is 3.06 bits per heavy atom. The van der Waals surface area contributed by atoms with Gasteiger partial charge in [0, 0.05) is 37.9 Å². The molecule has 1 atom stereocenters. The summed E-state index contributed by atoms with van der Waals surface area (Å²) in [5.41, 5.74) is 0.770. The highest BCUT2D eigenvalue weighted by atomic mass is 16.4. The first-order valence-electron chi connectivity index (χ1n) is 6.42. The van der Waals surface area contributed by atoms with Crippen LogP contribution in [-0.2, 0) is 11.3 Å². The molecule has 0 aliphatic carbocycles. The minimum atomic E-state index is -0.799. The highest BCUT2D eigenvalue weighted by molar-refractivity contribution is 5.75. The van der Waals surface area contributed by atoms with E-state index < -0.39 is 12.0 Å². The molecule has 2 heterocycles. The van der Waals surface area contributed by atoms with Gasteiger partial charge >= 0.3 is 5.97 Å². The van der Waals surface area contributed by atoms with Gasteiger partial charge in [0.1, 0.15) is 6.04 Å². The quantitative estimate of drug-likeness (QED) is 0.808. The summed E-state index contributed by atoms with van der Waals surface area (Å²) in [7, 11) is 0. The second-order valence-corrected chi connectivity index (χ2v) is 4.51. The molecule has 1 aliphatic rings. The Labute approximate surface area is 107 Å². The zero-order valence-corrected chi connectivity index (χ0v) is 10.7. The molecule has 0 amide bonds. The van der Waals surface area contributed by atoms with Crippen molar-refractivity contribution in [3.05, 3.63) is 18.0 Å². The number of aromatic nitrogens is 2. The predicted molar refractivity (Wildman–Crippen MR) is 67.3 cm³/mol. The first-order chi connectivity index (χ1) is 8.72. The Morgan fingerprint density at radius 1 is 1.56 bits per heavy atom. The highest BCUT2D eigenvalue weighted by Gasteiger charge is 2.28. The van der Waals surface area contributed by atoms with Gasteiger partial charge in [-0.25, -0.2) is 0 Å². The predicted octanol–water partition coefficient (Wildman–Crippen LogP) is 0.324. The van der Waals surface area contributed by atoms with Crippen molar-refractivity contribution in [2.75, 3.05) is 26.2 Å². The van der Waals surface area contributed by atoms with Gasteiger partial charge in [-0.3, -0.25) is 14.4 Å². The lowest BCUT2D eigenvalue weighted by molar-refractivity contribution is -0.143. The third kappa shape index (κ3) is 2.88. The summed E-state index contributed by atoms with van der Waals surface area (Å²) >= 11 is 0. The number of carboxylic acid groups (broad SMARTS) is 1. The zero-order valence-electron chi connectivity index (χ0n) is 10.7. The number of carbonyl (C=O) groups is 1. The van der Waals surface area contributed by atoms with Crippen molar-refractivity contribution >= 4 is 5.97 Å². The molecule has 2 rings (SSSR count). The number of hydrogen-bond acceptors (Lipinski definition) is 4. The van der Waals surface area contributed by atoms with Gasteiger partial charge in [-0.05, 0) is 19.9 Å². The van der Waals surface area contributed by atoms with Crippen molar-refractivity contribution in [3.63, 3.8) is 0 Å². The van der Waals surface area contributed by atoms with E-state index in [9.17, 15) is 9.90 Å². The molecule has 1 aromatic heterocycles. The highest BCUT2D eigenvalue weighted by Crippen LogP contribution is 2.21. The van der Waals surface area contributed by atoms with Crippen molar-refractivity contribution in [1.29, 1.82) is 0 Å². The number of hydrogen-bond donors (Lipinski definition) is 2. The van der Waals surface area contributed by atoms with E-state index >= 15 is 0 Å². The summed E-state index contributed by atoms with van der Waals surface area (Å²) in [6, 6.07) is -0.579. The molecule has 6 nitrogen and oxygen atoms in total. The van der Waals surface area contributed by atoms with Crippen LogP contribution >= 0.6 is 0 Å². The Hall–Kier alpha value is -1.40. The van der Waals surface area contributed by atoms with Gasteiger partial charge in [0.05, 0.1) is 6.20 Å². The van der Waals surface area contributed by atoms with Crippen LogP contribution in [0.3, 0.4) is 0 Å². The Kier molecular flexibility index (Phi) is 4.33. The normalized spacial score (nSPS) is 19.4. The smallest absolute Gasteiger partial charge is 0.325 e. The fourth-order valence-electron chi connectivity index (χ4n) is 2.33. The molecule has 6 heteroatoms. The molecule has 18 heavy (non-hydrogen) atoms. The van der Waals surface area contributed by atoms with Crippen molar-refractivity contribution in [2.45, 2.75) is 25.9 Å². The molecular formula is C12H20N4O2. The van der Waals surface area contributed by atoms with Crippen LogP contribution in [-0.4, -0.2) is 51.9 Å². The summed E-state index contributed by atoms with van der Waals surface area (Å²) < 4.78 is 1.77. The molecular weight excluding hydrogens is 232 g/mol. The second-order valence-electron chi connectivity index (χ2n) is 4.51. The third-order valence-electron chi connectivity index (χ3n) is 3.27. The maximum Gasteiger partial charge on any atom is 0.325 e. The summed E-state index contributed by atoms with van der Waals surface area (Å²) in [5.74, 6) is -0.799. The van der Waals surface area contributed by atoms with Crippen LogP contribution in [0.25, 0.3) is 0 Å². The van der Waals surface area contributed by atoms with Gasteiger partial charge in [0.15, 0.2) is 0 Å². The molecule has 0 aromatic carbocycles. The fourth-order valence-corrected chi connectivity index (χ4v) is 2.33. The number of carboxylic acids is 1. The number of nitrogens with one attached hydrogen (secondary N) is 1. The number of aliphatic carboxylic acids is 1. The Balaban J connectivity index is 2.18. The van der Waals surface area contributed by atoms with Crippen LogP contribution in [0.4, 0.5) is 0 Å². The molecule has 0 saturated carbocycles. The van der Waals surface area contributed by atoms with Crippen LogP contribution in [0, 0.1) is 0 Å². The molecule has 1 unspecified atom stereocenters. The first kappa shape index (κ1) is 13.0. The van der Waals surface area contributed by atoms with Crippen LogP contribution in [0.15, 0.2) is 12.4 Å². The van der Waals surface area contributed by atoms with Gasteiger partial charge in [0.25, 0.3) is 0 Å². The Bertz CT molecular complexity index is 397. The van der Waals surface area contributed by atoms with Gasteiger partial charge in [-0.1, -0.05) is 0 Å². The number of nitrogens with zero attached hydrogens (tertiary/aromatic N) is 3. The summed E-state index contributed by atoms with van der Waals surface area (Å²) in [6.45, 7) is 6.11. The van der Waals surface area contributed by atoms with Gasteiger partial charge < -0.3 is 10.4 Å². The van der Waals surface area contributed by atoms with Gasteiger partial charge in [0.2, 0.25) is 0 Å². The number of rotatable bonds is 4. The van der Waals surface area contributed by atoms with E-state index in [-0.39, 0.29) is 0 Å². The molecule has 1 saturated heterocycles. The lowest BCUT2D eigenvalue weighted by Gasteiger charge is -2.26. The minimum Gasteiger partial charge on any atom is -0.480 e. The van der Waals surface area contributed by atoms with Crippen molar-refractivity contribution in [1.82, 2.24) is 20.0 Å². The lowest BCUT2D eigenvalue weighted by Crippen LogP contribution is -2.36. The molecule has 0 spiro atoms. The lowest BCUT2D eigenvalue weighted by atomic mass is 10.1. The fraction of sp³-hybridized carbons (Fsp3) is 0.667. The zero-order chi connectivity index (χ0) is 13.0. The largest absolute Gasteiger partial charge is 0.480 e. The van der Waals surface area contributed by atoms with E-state index in [1.807, 2.05) is 18.0 Å². The van der Waals surface area contributed by atoms with Crippen molar-refractivity contribution < 1.29 is 9.90 Å². The van der Waals surface area contributed by atoms with E-state index in [1.54, 1.807) is 10.9 Å². The molecule has 1 aliphatic heterocycles. The average Bonchev–Trinajstić information content (AvgIpc) is 2.65. The monoisotopic (exact) mass is 252 g/mol. The van der Waals surface area contributed by atoms with Crippen molar-refractivity contribution in [2.24, 2.45) is 0 Å². The molecule has 2 N–H and O–H groups in total. The van der Waals surface area contributed by atoms with Crippen LogP contribution in [0.1, 0.15) is 24.9 Å². The van der Waals surface area contributed by atoms with Crippen LogP contribution < -0.4 is 5.32 Å². The SMILES string of the molecule is CCn1cc(C(C(=O)O)N2CCCNCC2)cn1. The van der Waals surface area contributed by atoms with E-state index in [1.165, 1.54) is 0 Å². The first-order valence-corrected chi connectivity index (χ1v) is 6.42. The topological polar surface area (TPSA) is 70.4 Å². The molecule has 0 bridgehead atoms. The molecule has 1 aromatic rings. The van der Waals surface area contributed by atoms with E-state index in [0.717, 1.165) is 44.7 Å². The number of aryl methyl sites for hydroxylation is 1. The molecule has 100 valence electrons. The van der Waals surface area contributed by atoms with Gasteiger partial charge in [-0.2, -0.15) is 5.10 Å². The van der Waals surface area contributed by atoms with Gasteiger partial charge in [-0.15, -0.1) is 0 Å². The van der Waals surface area contributed by atoms with Crippen LogP contribution in [0.5, 0.6) is 0 Å². The molecule has 1 fully saturated rings. The third-order valence-corrected chi connectivity index (χ3v) is 3.27. The van der Waals surface area contributed by atoms with E-state index in [2.05, 4.69) is 10.4 Å². The van der Waals surface area contributed by atoms with E-state index in [0.29, 0.717) is 0 Å². The standard InChI is InChI=1S/C12H20N4O2/c1-2-16-9-10(8-14-16)11(12(17)18)15-6-3-4-13-5-7-15/h8-9,11,13H,2-7H2,1H3,(H,17,18). The summed E-state index contributed by atoms with van der Waals surface area (Å²) in [6.07, 6.45) is 4.48. The van der Waals surface area contributed by atoms with Crippen molar-refractivity contribution in [3.8, 4) is 0 Å². The van der Waals surface area contributed by atoms with Crippen LogP contribution in [0.2, 0.25) is 0 Å². The maximum absolute atomic E-state index is 11.5. The molecule has 0 radical (unpaired) electrons.